The number of halogens is 5. The summed E-state index contributed by atoms with van der Waals surface area (Å²) in [7, 11) is 0. The summed E-state index contributed by atoms with van der Waals surface area (Å²) in [6.45, 7) is 0.897. The lowest BCUT2D eigenvalue weighted by Crippen LogP contribution is -2.35. The third-order valence-electron chi connectivity index (χ3n) is 4.95. The Morgan fingerprint density at radius 3 is 2.00 bits per heavy atom. The highest BCUT2D eigenvalue weighted by Crippen LogP contribution is 2.34. The zero-order valence-corrected chi connectivity index (χ0v) is 15.7. The molecule has 0 aromatic heterocycles. The van der Waals surface area contributed by atoms with Crippen molar-refractivity contribution in [1.29, 1.82) is 0 Å². The highest BCUT2D eigenvalue weighted by molar-refractivity contribution is 5.66. The van der Waals surface area contributed by atoms with E-state index in [1.54, 1.807) is 0 Å². The summed E-state index contributed by atoms with van der Waals surface area (Å²) in [5.74, 6) is -4.80. The van der Waals surface area contributed by atoms with Crippen molar-refractivity contribution in [1.82, 2.24) is 0 Å². The SMILES string of the molecule is CCCC(O)C1COC(c2cc(F)c(-c3cc(F)c(CF)c(F)c3)c(F)c2)OC1. The highest BCUT2D eigenvalue weighted by Gasteiger charge is 2.29. The van der Waals surface area contributed by atoms with Crippen LogP contribution < -0.4 is 0 Å². The van der Waals surface area contributed by atoms with E-state index in [4.69, 9.17) is 9.47 Å². The predicted molar refractivity (Wildman–Crippen MR) is 95.6 cm³/mol. The van der Waals surface area contributed by atoms with Crippen LogP contribution in [0.1, 0.15) is 37.2 Å². The van der Waals surface area contributed by atoms with Crippen LogP contribution in [0.25, 0.3) is 11.1 Å². The van der Waals surface area contributed by atoms with Crippen molar-refractivity contribution in [2.75, 3.05) is 13.2 Å². The van der Waals surface area contributed by atoms with Crippen LogP contribution in [0.15, 0.2) is 24.3 Å². The molecule has 1 aliphatic heterocycles. The Balaban J connectivity index is 1.82. The lowest BCUT2D eigenvalue weighted by Gasteiger charge is -2.32. The van der Waals surface area contributed by atoms with E-state index in [1.807, 2.05) is 6.92 Å². The summed E-state index contributed by atoms with van der Waals surface area (Å²) in [5.41, 5.74) is -1.75. The van der Waals surface area contributed by atoms with Crippen molar-refractivity contribution in [3.63, 3.8) is 0 Å². The molecule has 0 spiro atoms. The minimum Gasteiger partial charge on any atom is -0.393 e. The first kappa shape index (κ1) is 21.7. The van der Waals surface area contributed by atoms with Crippen LogP contribution in [0, 0.1) is 29.2 Å². The number of benzene rings is 2. The fourth-order valence-corrected chi connectivity index (χ4v) is 3.34. The molecule has 2 aromatic carbocycles. The summed E-state index contributed by atoms with van der Waals surface area (Å²) >= 11 is 0. The largest absolute Gasteiger partial charge is 0.393 e. The van der Waals surface area contributed by atoms with Gasteiger partial charge < -0.3 is 14.6 Å². The number of aliphatic hydroxyl groups is 1. The van der Waals surface area contributed by atoms with Gasteiger partial charge in [0.25, 0.3) is 0 Å². The van der Waals surface area contributed by atoms with Crippen LogP contribution in [-0.2, 0) is 16.1 Å². The van der Waals surface area contributed by atoms with Crippen LogP contribution in [-0.4, -0.2) is 24.4 Å². The van der Waals surface area contributed by atoms with Crippen LogP contribution >= 0.6 is 0 Å². The van der Waals surface area contributed by atoms with Gasteiger partial charge in [0.2, 0.25) is 0 Å². The number of rotatable bonds is 6. The van der Waals surface area contributed by atoms with Gasteiger partial charge in [0, 0.05) is 11.5 Å². The molecule has 2 aromatic rings. The number of aliphatic hydroxyl groups excluding tert-OH is 1. The van der Waals surface area contributed by atoms with Gasteiger partial charge in [-0.05, 0) is 36.2 Å². The van der Waals surface area contributed by atoms with Gasteiger partial charge in [-0.1, -0.05) is 13.3 Å². The minimum absolute atomic E-state index is 0.0634. The molecule has 1 aliphatic rings. The minimum atomic E-state index is -1.37. The Morgan fingerprint density at radius 1 is 0.966 bits per heavy atom. The summed E-state index contributed by atoms with van der Waals surface area (Å²) in [6, 6.07) is 3.30. The first-order valence-corrected chi connectivity index (χ1v) is 9.30. The molecule has 0 amide bonds. The van der Waals surface area contributed by atoms with E-state index in [9.17, 15) is 27.1 Å². The van der Waals surface area contributed by atoms with Gasteiger partial charge in [0.05, 0.1) is 30.4 Å². The van der Waals surface area contributed by atoms with Crippen molar-refractivity contribution >= 4 is 0 Å². The molecule has 1 fully saturated rings. The van der Waals surface area contributed by atoms with Crippen LogP contribution in [0.3, 0.4) is 0 Å². The number of hydrogen-bond donors (Lipinski definition) is 1. The van der Waals surface area contributed by atoms with E-state index < -0.39 is 53.5 Å². The van der Waals surface area contributed by atoms with Gasteiger partial charge >= 0.3 is 0 Å². The Kier molecular flexibility index (Phi) is 6.87. The molecule has 0 saturated carbocycles. The zero-order valence-electron chi connectivity index (χ0n) is 15.7. The first-order valence-electron chi connectivity index (χ1n) is 9.30. The van der Waals surface area contributed by atoms with Crippen molar-refractivity contribution in [3.05, 3.63) is 58.7 Å². The lowest BCUT2D eigenvalue weighted by atomic mass is 9.98. The van der Waals surface area contributed by atoms with Gasteiger partial charge in [0.15, 0.2) is 6.29 Å². The second-order valence-corrected chi connectivity index (χ2v) is 7.03. The fourth-order valence-electron chi connectivity index (χ4n) is 3.34. The smallest absolute Gasteiger partial charge is 0.184 e. The fraction of sp³-hybridized carbons (Fsp3) is 0.429. The van der Waals surface area contributed by atoms with Crippen LogP contribution in [0.4, 0.5) is 22.0 Å². The number of hydrogen-bond acceptors (Lipinski definition) is 3. The third kappa shape index (κ3) is 4.60. The first-order chi connectivity index (χ1) is 13.8. The van der Waals surface area contributed by atoms with E-state index >= 15 is 0 Å². The van der Waals surface area contributed by atoms with Gasteiger partial charge in [-0.3, -0.25) is 0 Å². The quantitative estimate of drug-likeness (QED) is 0.658. The van der Waals surface area contributed by atoms with Gasteiger partial charge in [-0.15, -0.1) is 0 Å². The molecule has 8 heteroatoms. The summed E-state index contributed by atoms with van der Waals surface area (Å²) in [4.78, 5) is 0. The topological polar surface area (TPSA) is 38.7 Å². The van der Waals surface area contributed by atoms with E-state index in [0.29, 0.717) is 18.6 Å². The van der Waals surface area contributed by atoms with E-state index in [0.717, 1.165) is 18.6 Å². The van der Waals surface area contributed by atoms with E-state index in [-0.39, 0.29) is 30.3 Å². The predicted octanol–water partition coefficient (Wildman–Crippen LogP) is 5.20. The Bertz CT molecular complexity index is 819. The molecule has 0 radical (unpaired) electrons. The molecular formula is C21H21F5O3. The van der Waals surface area contributed by atoms with Crippen molar-refractivity contribution in [2.45, 2.75) is 38.8 Å². The third-order valence-corrected chi connectivity index (χ3v) is 4.95. The molecule has 158 valence electrons. The molecule has 3 nitrogen and oxygen atoms in total. The van der Waals surface area contributed by atoms with Gasteiger partial charge in [0.1, 0.15) is 29.9 Å². The summed E-state index contributed by atoms with van der Waals surface area (Å²) < 4.78 is 80.4. The summed E-state index contributed by atoms with van der Waals surface area (Å²) in [6.07, 6.45) is -0.227. The molecule has 1 atom stereocenters. The molecule has 29 heavy (non-hydrogen) atoms. The van der Waals surface area contributed by atoms with Crippen molar-refractivity contribution in [2.24, 2.45) is 5.92 Å². The van der Waals surface area contributed by atoms with Crippen LogP contribution in [0.2, 0.25) is 0 Å². The molecular weight excluding hydrogens is 395 g/mol. The van der Waals surface area contributed by atoms with E-state index in [1.165, 1.54) is 0 Å². The molecule has 1 unspecified atom stereocenters. The maximum absolute atomic E-state index is 14.6. The van der Waals surface area contributed by atoms with Gasteiger partial charge in [-0.25, -0.2) is 22.0 Å². The molecule has 1 saturated heterocycles. The molecule has 1 N–H and O–H groups in total. The van der Waals surface area contributed by atoms with Crippen molar-refractivity contribution < 1.29 is 36.5 Å². The lowest BCUT2D eigenvalue weighted by molar-refractivity contribution is -0.219. The van der Waals surface area contributed by atoms with Crippen molar-refractivity contribution in [3.8, 4) is 11.1 Å². The zero-order chi connectivity index (χ0) is 21.1. The average molecular weight is 416 g/mol. The molecule has 0 aliphatic carbocycles. The van der Waals surface area contributed by atoms with Gasteiger partial charge in [-0.2, -0.15) is 0 Å². The van der Waals surface area contributed by atoms with Crippen LogP contribution in [0.5, 0.6) is 0 Å². The summed E-state index contributed by atoms with van der Waals surface area (Å²) in [5, 5.41) is 10.00. The Hall–Kier alpha value is -2.03. The Morgan fingerprint density at radius 2 is 1.52 bits per heavy atom. The normalized spacial score (nSPS) is 20.7. The maximum atomic E-state index is 14.6. The van der Waals surface area contributed by atoms with E-state index in [2.05, 4.69) is 0 Å². The standard InChI is InChI=1S/C21H21F5O3/c1-2-3-19(27)13-9-28-21(29-10-13)12-6-17(25)20(18(26)7-12)11-4-15(23)14(8-22)16(24)5-11/h4-7,13,19,21,27H,2-3,8-10H2,1H3. The highest BCUT2D eigenvalue weighted by atomic mass is 19.2. The second kappa shape index (κ2) is 9.19. The number of ether oxygens (including phenoxy) is 2. The number of alkyl halides is 1. The molecule has 3 rings (SSSR count). The Labute approximate surface area is 165 Å². The second-order valence-electron chi connectivity index (χ2n) is 7.03. The maximum Gasteiger partial charge on any atom is 0.184 e. The monoisotopic (exact) mass is 416 g/mol. The average Bonchev–Trinajstić information content (AvgIpc) is 2.67. The molecule has 1 heterocycles. The molecule has 0 bridgehead atoms.